The van der Waals surface area contributed by atoms with Crippen molar-refractivity contribution in [2.75, 3.05) is 0 Å². The first-order valence-electron chi connectivity index (χ1n) is 11.8. The van der Waals surface area contributed by atoms with Gasteiger partial charge >= 0.3 is 0 Å². The average Bonchev–Trinajstić information content (AvgIpc) is 2.74. The fourth-order valence-electron chi connectivity index (χ4n) is 5.19. The molecule has 0 bridgehead atoms. The molecule has 3 rings (SSSR count). The van der Waals surface area contributed by atoms with Crippen molar-refractivity contribution < 1.29 is 13.2 Å². The van der Waals surface area contributed by atoms with Gasteiger partial charge in [-0.05, 0) is 93.2 Å². The summed E-state index contributed by atoms with van der Waals surface area (Å²) >= 11 is 0. The number of allylic oxidation sites excluding steroid dienone is 1. The molecule has 0 saturated heterocycles. The van der Waals surface area contributed by atoms with Crippen molar-refractivity contribution in [2.45, 2.75) is 84.0 Å². The maximum Gasteiger partial charge on any atom is 0.142 e. The van der Waals surface area contributed by atoms with Crippen molar-refractivity contribution in [3.63, 3.8) is 0 Å². The summed E-state index contributed by atoms with van der Waals surface area (Å²) in [6.45, 7) is 2.00. The van der Waals surface area contributed by atoms with E-state index < -0.39 is 11.6 Å². The lowest BCUT2D eigenvalue weighted by atomic mass is 9.76. The molecule has 2 saturated carbocycles. The Balaban J connectivity index is 1.43. The fourth-order valence-corrected chi connectivity index (χ4v) is 5.19. The number of halogens is 3. The van der Waals surface area contributed by atoms with Crippen LogP contribution in [0, 0.1) is 47.1 Å². The highest BCUT2D eigenvalue weighted by atomic mass is 19.1. The SMILES string of the molecule is CCCc1cc(F)c(C#CC2CCC(CCC3CCC(C=CF)CC3)CC2)c(F)c1. The second-order valence-electron chi connectivity index (χ2n) is 9.35. The van der Waals surface area contributed by atoms with Crippen molar-refractivity contribution in [3.05, 3.63) is 47.3 Å². The van der Waals surface area contributed by atoms with Gasteiger partial charge < -0.3 is 0 Å². The normalized spacial score (nSPS) is 27.1. The summed E-state index contributed by atoms with van der Waals surface area (Å²) in [5, 5.41) is 0. The predicted octanol–water partition coefficient (Wildman–Crippen LogP) is 8.15. The third-order valence-electron chi connectivity index (χ3n) is 7.11. The second-order valence-corrected chi connectivity index (χ2v) is 9.35. The molecule has 2 aliphatic rings. The van der Waals surface area contributed by atoms with Crippen LogP contribution >= 0.6 is 0 Å². The van der Waals surface area contributed by atoms with Crippen LogP contribution < -0.4 is 0 Å². The van der Waals surface area contributed by atoms with Gasteiger partial charge in [0.1, 0.15) is 11.6 Å². The summed E-state index contributed by atoms with van der Waals surface area (Å²) in [7, 11) is 0. The Labute approximate surface area is 180 Å². The van der Waals surface area contributed by atoms with Crippen LogP contribution in [0.3, 0.4) is 0 Å². The molecule has 164 valence electrons. The molecule has 0 heterocycles. The standard InChI is InChI=1S/C27H35F3/c1-2-3-24-18-26(29)25(27(30)19-24)15-14-22-8-6-20(7-9-22)4-5-21-10-12-23(13-11-21)16-17-28/h16-23H,2-13H2,1H3. The second kappa shape index (κ2) is 11.6. The average molecular weight is 417 g/mol. The van der Waals surface area contributed by atoms with E-state index in [4.69, 9.17) is 0 Å². The Hall–Kier alpha value is -1.69. The largest absolute Gasteiger partial charge is 0.216 e. The highest BCUT2D eigenvalue weighted by Gasteiger charge is 2.23. The van der Waals surface area contributed by atoms with E-state index in [0.717, 1.165) is 43.9 Å². The van der Waals surface area contributed by atoms with E-state index in [1.807, 2.05) is 6.92 Å². The van der Waals surface area contributed by atoms with E-state index in [1.54, 1.807) is 6.08 Å². The highest BCUT2D eigenvalue weighted by Crippen LogP contribution is 2.36. The van der Waals surface area contributed by atoms with Gasteiger partial charge in [0.15, 0.2) is 0 Å². The third kappa shape index (κ3) is 6.66. The minimum Gasteiger partial charge on any atom is -0.216 e. The minimum absolute atomic E-state index is 0.0739. The summed E-state index contributed by atoms with van der Waals surface area (Å²) in [6, 6.07) is 2.85. The summed E-state index contributed by atoms with van der Waals surface area (Å²) in [5.41, 5.74) is 0.626. The number of rotatable bonds is 6. The molecule has 2 aliphatic carbocycles. The molecule has 3 heteroatoms. The first kappa shape index (κ1) is 23.0. The van der Waals surface area contributed by atoms with Gasteiger partial charge in [-0.15, -0.1) is 0 Å². The third-order valence-corrected chi connectivity index (χ3v) is 7.11. The molecule has 0 N–H and O–H groups in total. The van der Waals surface area contributed by atoms with Gasteiger partial charge in [0.05, 0.1) is 11.9 Å². The molecular formula is C27H35F3. The van der Waals surface area contributed by atoms with Crippen LogP contribution in [-0.2, 0) is 6.42 Å². The molecule has 1 aromatic rings. The molecule has 0 aromatic heterocycles. The van der Waals surface area contributed by atoms with Crippen molar-refractivity contribution in [1.29, 1.82) is 0 Å². The molecule has 0 radical (unpaired) electrons. The lowest BCUT2D eigenvalue weighted by Crippen LogP contribution is -2.17. The fraction of sp³-hybridized carbons (Fsp3) is 0.630. The Morgan fingerprint density at radius 2 is 1.47 bits per heavy atom. The summed E-state index contributed by atoms with van der Waals surface area (Å²) < 4.78 is 40.8. The molecule has 2 fully saturated rings. The van der Waals surface area contributed by atoms with Crippen molar-refractivity contribution in [2.24, 2.45) is 23.7 Å². The topological polar surface area (TPSA) is 0 Å². The first-order valence-corrected chi connectivity index (χ1v) is 11.8. The Bertz CT molecular complexity index is 731. The quantitative estimate of drug-likeness (QED) is 0.411. The summed E-state index contributed by atoms with van der Waals surface area (Å²) in [5.74, 6) is 7.13. The van der Waals surface area contributed by atoms with Crippen LogP contribution in [0.5, 0.6) is 0 Å². The van der Waals surface area contributed by atoms with Crippen molar-refractivity contribution in [1.82, 2.24) is 0 Å². The molecule has 0 spiro atoms. The van der Waals surface area contributed by atoms with Gasteiger partial charge in [-0.3, -0.25) is 0 Å². The molecule has 0 unspecified atom stereocenters. The van der Waals surface area contributed by atoms with E-state index in [2.05, 4.69) is 11.8 Å². The molecule has 0 aliphatic heterocycles. The van der Waals surface area contributed by atoms with Crippen LogP contribution in [0.4, 0.5) is 13.2 Å². The van der Waals surface area contributed by atoms with E-state index >= 15 is 0 Å². The Morgan fingerprint density at radius 1 is 0.900 bits per heavy atom. The van der Waals surface area contributed by atoms with Crippen LogP contribution in [0.1, 0.15) is 88.7 Å². The summed E-state index contributed by atoms with van der Waals surface area (Å²) in [6.07, 6.45) is 15.6. The maximum absolute atomic E-state index is 14.2. The molecule has 0 nitrogen and oxygen atoms in total. The van der Waals surface area contributed by atoms with Crippen LogP contribution in [0.15, 0.2) is 24.5 Å². The highest BCUT2D eigenvalue weighted by molar-refractivity contribution is 5.39. The van der Waals surface area contributed by atoms with E-state index in [0.29, 0.717) is 24.2 Å². The van der Waals surface area contributed by atoms with Crippen LogP contribution in [-0.4, -0.2) is 0 Å². The van der Waals surface area contributed by atoms with Gasteiger partial charge in [-0.25, -0.2) is 13.2 Å². The zero-order valence-corrected chi connectivity index (χ0v) is 18.2. The molecule has 0 amide bonds. The monoisotopic (exact) mass is 416 g/mol. The first-order chi connectivity index (χ1) is 14.6. The Morgan fingerprint density at radius 3 is 2.00 bits per heavy atom. The zero-order chi connectivity index (χ0) is 21.3. The van der Waals surface area contributed by atoms with Crippen molar-refractivity contribution in [3.8, 4) is 11.8 Å². The van der Waals surface area contributed by atoms with Crippen LogP contribution in [0.25, 0.3) is 0 Å². The summed E-state index contributed by atoms with van der Waals surface area (Å²) in [4.78, 5) is 0. The molecular weight excluding hydrogens is 381 g/mol. The lowest BCUT2D eigenvalue weighted by molar-refractivity contribution is 0.242. The van der Waals surface area contributed by atoms with Gasteiger partial charge in [0.25, 0.3) is 0 Å². The van der Waals surface area contributed by atoms with Gasteiger partial charge in [0, 0.05) is 5.92 Å². The molecule has 1 aromatic carbocycles. The van der Waals surface area contributed by atoms with Gasteiger partial charge in [-0.1, -0.05) is 44.1 Å². The number of benzene rings is 1. The molecule has 30 heavy (non-hydrogen) atoms. The van der Waals surface area contributed by atoms with Crippen LogP contribution in [0.2, 0.25) is 0 Å². The minimum atomic E-state index is -0.531. The van der Waals surface area contributed by atoms with Gasteiger partial charge in [0.2, 0.25) is 0 Å². The molecule has 0 atom stereocenters. The number of hydrogen-bond donors (Lipinski definition) is 0. The maximum atomic E-state index is 14.2. The lowest BCUT2D eigenvalue weighted by Gasteiger charge is -2.30. The zero-order valence-electron chi connectivity index (χ0n) is 18.2. The smallest absolute Gasteiger partial charge is 0.142 e. The van der Waals surface area contributed by atoms with Gasteiger partial charge in [-0.2, -0.15) is 0 Å². The number of aryl methyl sites for hydroxylation is 1. The van der Waals surface area contributed by atoms with E-state index in [9.17, 15) is 13.2 Å². The Kier molecular flexibility index (Phi) is 8.91. The predicted molar refractivity (Wildman–Crippen MR) is 118 cm³/mol. The van der Waals surface area contributed by atoms with Crippen molar-refractivity contribution >= 4 is 0 Å². The number of hydrogen-bond acceptors (Lipinski definition) is 0. The van der Waals surface area contributed by atoms with E-state index in [1.165, 1.54) is 50.7 Å². The van der Waals surface area contributed by atoms with E-state index in [-0.39, 0.29) is 11.5 Å².